The average molecular weight is 522 g/mol. The molecule has 0 N–H and O–H groups in total. The van der Waals surface area contributed by atoms with Gasteiger partial charge in [-0.2, -0.15) is 0 Å². The van der Waals surface area contributed by atoms with E-state index in [0.717, 1.165) is 19.3 Å². The van der Waals surface area contributed by atoms with Crippen LogP contribution in [0.3, 0.4) is 0 Å². The summed E-state index contributed by atoms with van der Waals surface area (Å²) >= 11 is 0. The van der Waals surface area contributed by atoms with Crippen molar-refractivity contribution in [1.29, 1.82) is 0 Å². The molecule has 206 valence electrons. The van der Waals surface area contributed by atoms with E-state index in [1.165, 1.54) is 25.7 Å². The zero-order valence-electron chi connectivity index (χ0n) is 23.4. The lowest BCUT2D eigenvalue weighted by molar-refractivity contribution is -0.135. The number of hydrogen-bond donors (Lipinski definition) is 0. The molecule has 1 aromatic heterocycles. The third kappa shape index (κ3) is 7.22. The molecular weight excluding hydrogens is 478 g/mol. The minimum absolute atomic E-state index is 0.0662. The first-order valence-electron chi connectivity index (χ1n) is 14.0. The number of para-hydroxylation sites is 3. The van der Waals surface area contributed by atoms with Crippen molar-refractivity contribution in [3.8, 4) is 11.4 Å². The number of carbonyl (C=O) groups excluding carboxylic acids is 1. The van der Waals surface area contributed by atoms with Crippen LogP contribution in [0.2, 0.25) is 0 Å². The van der Waals surface area contributed by atoms with E-state index in [9.17, 15) is 9.59 Å². The normalized spacial score (nSPS) is 12.0. The smallest absolute Gasteiger partial charge is 0.266 e. The van der Waals surface area contributed by atoms with E-state index in [1.54, 1.807) is 24.9 Å². The van der Waals surface area contributed by atoms with Crippen LogP contribution in [0.15, 0.2) is 53.3 Å². The van der Waals surface area contributed by atoms with Gasteiger partial charge in [0.2, 0.25) is 5.91 Å². The minimum Gasteiger partial charge on any atom is -0.495 e. The number of amides is 1. The third-order valence-electron chi connectivity index (χ3n) is 7.04. The molecule has 0 saturated carbocycles. The lowest BCUT2D eigenvalue weighted by Crippen LogP contribution is -2.40. The van der Waals surface area contributed by atoms with Crippen LogP contribution in [0.5, 0.6) is 5.75 Å². The number of unbranched alkanes of at least 4 members (excludes halogenated alkanes) is 6. The van der Waals surface area contributed by atoms with Gasteiger partial charge in [0.05, 0.1) is 36.3 Å². The van der Waals surface area contributed by atoms with Crippen LogP contribution in [0, 0.1) is 0 Å². The highest BCUT2D eigenvalue weighted by Crippen LogP contribution is 2.30. The fourth-order valence-corrected chi connectivity index (χ4v) is 4.98. The fraction of sp³-hybridized carbons (Fsp3) is 0.516. The Kier molecular flexibility index (Phi) is 11.8. The van der Waals surface area contributed by atoms with Gasteiger partial charge in [-0.05, 0) is 37.1 Å². The summed E-state index contributed by atoms with van der Waals surface area (Å²) in [6.45, 7) is 5.08. The summed E-state index contributed by atoms with van der Waals surface area (Å²) in [4.78, 5) is 34.3. The Labute approximate surface area is 226 Å². The van der Waals surface area contributed by atoms with Crippen LogP contribution in [0.25, 0.3) is 16.6 Å². The molecule has 0 bridgehead atoms. The van der Waals surface area contributed by atoms with Crippen LogP contribution in [0.4, 0.5) is 0 Å². The van der Waals surface area contributed by atoms with Gasteiger partial charge >= 0.3 is 0 Å². The van der Waals surface area contributed by atoms with Crippen molar-refractivity contribution in [3.05, 3.63) is 64.7 Å². The number of benzene rings is 2. The van der Waals surface area contributed by atoms with Gasteiger partial charge in [0.15, 0.2) is 0 Å². The molecule has 1 atom stereocenters. The molecule has 0 saturated heterocycles. The largest absolute Gasteiger partial charge is 0.495 e. The molecule has 3 rings (SSSR count). The SMILES string of the molecule is CCCCCCCCCC(=O)N(CCOC)C(CC)c1nc2ccccc2c(=O)n1-c1ccccc1OC. The van der Waals surface area contributed by atoms with Crippen molar-refractivity contribution in [3.63, 3.8) is 0 Å². The highest BCUT2D eigenvalue weighted by atomic mass is 16.5. The molecule has 0 radical (unpaired) electrons. The second-order valence-corrected chi connectivity index (χ2v) is 9.67. The molecule has 1 unspecified atom stereocenters. The number of hydrogen-bond acceptors (Lipinski definition) is 5. The summed E-state index contributed by atoms with van der Waals surface area (Å²) < 4.78 is 12.6. The van der Waals surface area contributed by atoms with Crippen molar-refractivity contribution >= 4 is 16.8 Å². The second kappa shape index (κ2) is 15.3. The number of rotatable bonds is 16. The monoisotopic (exact) mass is 521 g/mol. The van der Waals surface area contributed by atoms with Crippen LogP contribution < -0.4 is 10.3 Å². The highest BCUT2D eigenvalue weighted by molar-refractivity contribution is 5.79. The van der Waals surface area contributed by atoms with Gasteiger partial charge in [0, 0.05) is 20.1 Å². The number of fused-ring (bicyclic) bond motifs is 1. The Morgan fingerprint density at radius 1 is 0.947 bits per heavy atom. The zero-order valence-corrected chi connectivity index (χ0v) is 23.4. The predicted molar refractivity (Wildman–Crippen MR) is 153 cm³/mol. The van der Waals surface area contributed by atoms with Crippen molar-refractivity contribution < 1.29 is 14.3 Å². The molecule has 0 aliphatic rings. The number of carbonyl (C=O) groups is 1. The average Bonchev–Trinajstić information content (AvgIpc) is 2.94. The van der Waals surface area contributed by atoms with Gasteiger partial charge < -0.3 is 14.4 Å². The first kappa shape index (κ1) is 29.4. The van der Waals surface area contributed by atoms with E-state index >= 15 is 0 Å². The van der Waals surface area contributed by atoms with Crippen LogP contribution >= 0.6 is 0 Å². The zero-order chi connectivity index (χ0) is 27.3. The standard InChI is InChI=1S/C31H43N3O4/c1-5-7-8-9-10-11-12-21-29(35)33(22-23-37-3)26(6-2)30-32-25-18-14-13-17-24(25)31(36)34(30)27-19-15-16-20-28(27)38-4/h13-20,26H,5-12,21-23H2,1-4H3. The number of nitrogens with zero attached hydrogens (tertiary/aromatic N) is 3. The van der Waals surface area contributed by atoms with Crippen molar-refractivity contribution in [2.75, 3.05) is 27.4 Å². The summed E-state index contributed by atoms with van der Waals surface area (Å²) in [6.07, 6.45) is 9.12. The van der Waals surface area contributed by atoms with Crippen molar-refractivity contribution in [1.82, 2.24) is 14.5 Å². The molecule has 1 heterocycles. The van der Waals surface area contributed by atoms with E-state index in [2.05, 4.69) is 6.92 Å². The van der Waals surface area contributed by atoms with Gasteiger partial charge in [-0.1, -0.05) is 76.6 Å². The predicted octanol–water partition coefficient (Wildman–Crippen LogP) is 6.46. The molecule has 38 heavy (non-hydrogen) atoms. The first-order chi connectivity index (χ1) is 18.6. The van der Waals surface area contributed by atoms with Gasteiger partial charge in [0.25, 0.3) is 5.56 Å². The topological polar surface area (TPSA) is 73.7 Å². The van der Waals surface area contributed by atoms with E-state index in [4.69, 9.17) is 14.5 Å². The van der Waals surface area contributed by atoms with Crippen molar-refractivity contribution in [2.24, 2.45) is 0 Å². The molecule has 3 aromatic rings. The molecular formula is C31H43N3O4. The summed E-state index contributed by atoms with van der Waals surface area (Å²) in [7, 11) is 3.23. The third-order valence-corrected chi connectivity index (χ3v) is 7.04. The Bertz CT molecular complexity index is 1220. The van der Waals surface area contributed by atoms with E-state index in [1.807, 2.05) is 54.3 Å². The van der Waals surface area contributed by atoms with Crippen LogP contribution in [-0.2, 0) is 9.53 Å². The van der Waals surface area contributed by atoms with Crippen LogP contribution in [-0.4, -0.2) is 47.7 Å². The summed E-state index contributed by atoms with van der Waals surface area (Å²) in [5, 5.41) is 0.523. The maximum Gasteiger partial charge on any atom is 0.266 e. The van der Waals surface area contributed by atoms with Gasteiger partial charge in [-0.15, -0.1) is 0 Å². The maximum atomic E-state index is 13.9. The molecule has 0 aliphatic heterocycles. The second-order valence-electron chi connectivity index (χ2n) is 9.67. The van der Waals surface area contributed by atoms with Crippen LogP contribution in [0.1, 0.15) is 83.5 Å². The van der Waals surface area contributed by atoms with E-state index < -0.39 is 6.04 Å². The molecule has 0 aliphatic carbocycles. The molecule has 0 fully saturated rings. The molecule has 0 spiro atoms. The summed E-state index contributed by atoms with van der Waals surface area (Å²) in [5.74, 6) is 1.17. The summed E-state index contributed by atoms with van der Waals surface area (Å²) in [5.41, 5.74) is 1.04. The first-order valence-corrected chi connectivity index (χ1v) is 14.0. The molecule has 2 aromatic carbocycles. The van der Waals surface area contributed by atoms with Gasteiger partial charge in [-0.25, -0.2) is 4.98 Å². The quantitative estimate of drug-likeness (QED) is 0.202. The Morgan fingerprint density at radius 3 is 2.34 bits per heavy atom. The molecule has 1 amide bonds. The maximum absolute atomic E-state index is 13.9. The van der Waals surface area contributed by atoms with E-state index in [-0.39, 0.29) is 11.5 Å². The molecule has 7 nitrogen and oxygen atoms in total. The van der Waals surface area contributed by atoms with Gasteiger partial charge in [-0.3, -0.25) is 14.2 Å². The number of aromatic nitrogens is 2. The fourth-order valence-electron chi connectivity index (χ4n) is 4.98. The lowest BCUT2D eigenvalue weighted by Gasteiger charge is -2.32. The highest BCUT2D eigenvalue weighted by Gasteiger charge is 2.29. The Morgan fingerprint density at radius 2 is 1.63 bits per heavy atom. The molecule has 7 heteroatoms. The summed E-state index contributed by atoms with van der Waals surface area (Å²) in [6, 6.07) is 14.4. The number of methoxy groups -OCH3 is 2. The number of ether oxygens (including phenoxy) is 2. The van der Waals surface area contributed by atoms with Crippen molar-refractivity contribution in [2.45, 2.75) is 77.7 Å². The Hall–Kier alpha value is -3.19. The lowest BCUT2D eigenvalue weighted by atomic mass is 10.1. The Balaban J connectivity index is 2.01. The van der Waals surface area contributed by atoms with Gasteiger partial charge in [0.1, 0.15) is 11.6 Å². The minimum atomic E-state index is -0.399. The van der Waals surface area contributed by atoms with E-state index in [0.29, 0.717) is 54.2 Å².